The molecule has 1 amide bonds. The quantitative estimate of drug-likeness (QED) is 0.848. The van der Waals surface area contributed by atoms with Crippen LogP contribution in [0.4, 0.5) is 0 Å². The molecule has 0 aromatic rings. The van der Waals surface area contributed by atoms with Gasteiger partial charge in [-0.05, 0) is 30.6 Å². The van der Waals surface area contributed by atoms with E-state index < -0.39 is 0 Å². The van der Waals surface area contributed by atoms with Gasteiger partial charge >= 0.3 is 0 Å². The number of carbonyl (C=O) groups is 1. The molecule has 110 valence electrons. The third-order valence-corrected chi connectivity index (χ3v) is 5.19. The second kappa shape index (κ2) is 5.82. The van der Waals surface area contributed by atoms with Gasteiger partial charge in [0.05, 0.1) is 12.2 Å². The van der Waals surface area contributed by atoms with Crippen LogP contribution in [0.1, 0.15) is 60.3 Å². The molecule has 2 rings (SSSR count). The van der Waals surface area contributed by atoms with Gasteiger partial charge in [0.15, 0.2) is 0 Å². The van der Waals surface area contributed by atoms with Crippen molar-refractivity contribution in [2.75, 3.05) is 0 Å². The summed E-state index contributed by atoms with van der Waals surface area (Å²) in [4.78, 5) is 15.0. The minimum absolute atomic E-state index is 0.0326. The molecule has 0 spiro atoms. The van der Waals surface area contributed by atoms with Crippen molar-refractivity contribution < 1.29 is 4.79 Å². The summed E-state index contributed by atoms with van der Waals surface area (Å²) in [6, 6.07) is 0.492. The van der Waals surface area contributed by atoms with Crippen LogP contribution in [0, 0.1) is 17.8 Å². The summed E-state index contributed by atoms with van der Waals surface area (Å²) < 4.78 is 0. The Hall–Kier alpha value is -0.570. The topological polar surface area (TPSA) is 32.3 Å². The highest BCUT2D eigenvalue weighted by atomic mass is 16.2. The molecule has 1 aliphatic carbocycles. The van der Waals surface area contributed by atoms with Crippen LogP contribution in [0.15, 0.2) is 0 Å². The molecular weight excluding hydrogens is 236 g/mol. The van der Waals surface area contributed by atoms with Crippen molar-refractivity contribution >= 4 is 5.91 Å². The zero-order valence-corrected chi connectivity index (χ0v) is 13.1. The van der Waals surface area contributed by atoms with Crippen molar-refractivity contribution in [3.05, 3.63) is 0 Å². The Labute approximate surface area is 118 Å². The summed E-state index contributed by atoms with van der Waals surface area (Å²) in [5, 5.41) is 3.61. The molecule has 1 saturated heterocycles. The van der Waals surface area contributed by atoms with E-state index in [1.54, 1.807) is 0 Å². The summed E-state index contributed by atoms with van der Waals surface area (Å²) in [7, 11) is 0. The Morgan fingerprint density at radius 3 is 2.47 bits per heavy atom. The Kier molecular flexibility index (Phi) is 4.54. The van der Waals surface area contributed by atoms with E-state index in [0.29, 0.717) is 29.7 Å². The average molecular weight is 266 g/mol. The second-order valence-corrected chi connectivity index (χ2v) is 6.94. The van der Waals surface area contributed by atoms with E-state index >= 15 is 0 Å². The number of carbonyl (C=O) groups excluding carboxylic acids is 1. The highest BCUT2D eigenvalue weighted by molar-refractivity contribution is 5.85. The summed E-state index contributed by atoms with van der Waals surface area (Å²) in [6.07, 6.45) is 5.02. The first-order chi connectivity index (χ1) is 8.97. The highest BCUT2D eigenvalue weighted by Gasteiger charge is 2.47. The first-order valence-corrected chi connectivity index (χ1v) is 8.05. The number of hydrogen-bond acceptors (Lipinski definition) is 2. The minimum Gasteiger partial charge on any atom is -0.322 e. The fourth-order valence-electron chi connectivity index (χ4n) is 3.70. The summed E-state index contributed by atoms with van der Waals surface area (Å²) in [5.41, 5.74) is 0. The smallest absolute Gasteiger partial charge is 0.241 e. The molecule has 5 atom stereocenters. The molecule has 0 bridgehead atoms. The maximum absolute atomic E-state index is 12.8. The number of hydrogen-bond donors (Lipinski definition) is 1. The van der Waals surface area contributed by atoms with E-state index in [4.69, 9.17) is 0 Å². The van der Waals surface area contributed by atoms with Gasteiger partial charge in [-0.1, -0.05) is 47.5 Å². The van der Waals surface area contributed by atoms with Crippen molar-refractivity contribution in [2.24, 2.45) is 17.8 Å². The predicted molar refractivity (Wildman–Crippen MR) is 78.7 cm³/mol. The number of amides is 1. The third kappa shape index (κ3) is 2.67. The van der Waals surface area contributed by atoms with Gasteiger partial charge in [-0.15, -0.1) is 0 Å². The molecule has 3 nitrogen and oxygen atoms in total. The Morgan fingerprint density at radius 2 is 2.00 bits per heavy atom. The number of nitrogens with zero attached hydrogens (tertiary/aromatic N) is 1. The second-order valence-electron chi connectivity index (χ2n) is 6.94. The molecule has 3 heteroatoms. The lowest BCUT2D eigenvalue weighted by Gasteiger charge is -2.35. The summed E-state index contributed by atoms with van der Waals surface area (Å²) in [5.74, 6) is 1.91. The molecule has 0 aromatic carbocycles. The van der Waals surface area contributed by atoms with Gasteiger partial charge in [0.2, 0.25) is 5.91 Å². The van der Waals surface area contributed by atoms with Gasteiger partial charge < -0.3 is 4.90 Å². The van der Waals surface area contributed by atoms with Crippen LogP contribution in [0.5, 0.6) is 0 Å². The predicted octanol–water partition coefficient (Wildman–Crippen LogP) is 3.00. The van der Waals surface area contributed by atoms with Crippen LogP contribution in [0.2, 0.25) is 0 Å². The van der Waals surface area contributed by atoms with Gasteiger partial charge in [-0.25, -0.2) is 0 Å². The van der Waals surface area contributed by atoms with Crippen LogP contribution in [0.3, 0.4) is 0 Å². The molecule has 1 heterocycles. The van der Waals surface area contributed by atoms with Gasteiger partial charge in [-0.3, -0.25) is 10.1 Å². The number of nitrogens with one attached hydrogen (secondary N) is 1. The molecule has 0 radical (unpaired) electrons. The first kappa shape index (κ1) is 14.8. The van der Waals surface area contributed by atoms with Crippen LogP contribution >= 0.6 is 0 Å². The normalized spacial score (nSPS) is 37.4. The van der Waals surface area contributed by atoms with E-state index in [1.807, 2.05) is 0 Å². The standard InChI is InChI=1S/C16H30N2O/c1-6-11(4)14-16(19)18(15(17-14)10(2)3)13-9-7-8-12(13)5/h10-15,17H,6-9H2,1-5H3. The fraction of sp³-hybridized carbons (Fsp3) is 0.938. The van der Waals surface area contributed by atoms with Crippen LogP contribution < -0.4 is 5.32 Å². The monoisotopic (exact) mass is 266 g/mol. The van der Waals surface area contributed by atoms with Crippen molar-refractivity contribution in [1.82, 2.24) is 10.2 Å². The number of rotatable bonds is 4. The van der Waals surface area contributed by atoms with Crippen molar-refractivity contribution in [3.8, 4) is 0 Å². The molecule has 1 aliphatic heterocycles. The Morgan fingerprint density at radius 1 is 1.32 bits per heavy atom. The Balaban J connectivity index is 2.20. The van der Waals surface area contributed by atoms with Crippen LogP contribution in [0.25, 0.3) is 0 Å². The molecule has 2 fully saturated rings. The fourth-order valence-corrected chi connectivity index (χ4v) is 3.70. The van der Waals surface area contributed by atoms with Crippen LogP contribution in [-0.4, -0.2) is 29.1 Å². The lowest BCUT2D eigenvalue weighted by Crippen LogP contribution is -2.48. The van der Waals surface area contributed by atoms with E-state index in [9.17, 15) is 4.79 Å². The lowest BCUT2D eigenvalue weighted by molar-refractivity contribution is -0.134. The molecular formula is C16H30N2O. The average Bonchev–Trinajstić information content (AvgIpc) is 2.92. The van der Waals surface area contributed by atoms with Gasteiger partial charge in [-0.2, -0.15) is 0 Å². The Bertz CT molecular complexity index is 329. The maximum atomic E-state index is 12.8. The zero-order chi connectivity index (χ0) is 14.2. The molecule has 1 N–H and O–H groups in total. The summed E-state index contributed by atoms with van der Waals surface area (Å²) in [6.45, 7) is 11.1. The summed E-state index contributed by atoms with van der Waals surface area (Å²) >= 11 is 0. The van der Waals surface area contributed by atoms with E-state index in [2.05, 4.69) is 44.8 Å². The van der Waals surface area contributed by atoms with Gasteiger partial charge in [0.1, 0.15) is 0 Å². The minimum atomic E-state index is 0.0326. The van der Waals surface area contributed by atoms with Crippen molar-refractivity contribution in [3.63, 3.8) is 0 Å². The van der Waals surface area contributed by atoms with E-state index in [-0.39, 0.29) is 12.2 Å². The van der Waals surface area contributed by atoms with E-state index in [1.165, 1.54) is 19.3 Å². The molecule has 2 aliphatic rings. The van der Waals surface area contributed by atoms with Crippen LogP contribution in [-0.2, 0) is 4.79 Å². The molecule has 5 unspecified atom stereocenters. The molecule has 19 heavy (non-hydrogen) atoms. The largest absolute Gasteiger partial charge is 0.322 e. The van der Waals surface area contributed by atoms with Crippen molar-refractivity contribution in [2.45, 2.75) is 78.6 Å². The van der Waals surface area contributed by atoms with E-state index in [0.717, 1.165) is 6.42 Å². The zero-order valence-electron chi connectivity index (χ0n) is 13.1. The first-order valence-electron chi connectivity index (χ1n) is 8.05. The maximum Gasteiger partial charge on any atom is 0.241 e. The van der Waals surface area contributed by atoms with Crippen molar-refractivity contribution in [1.29, 1.82) is 0 Å². The highest BCUT2D eigenvalue weighted by Crippen LogP contribution is 2.35. The molecule has 0 aromatic heterocycles. The SMILES string of the molecule is CCC(C)C1NC(C(C)C)N(C2CCCC2C)C1=O. The third-order valence-electron chi connectivity index (χ3n) is 5.19. The van der Waals surface area contributed by atoms with Gasteiger partial charge in [0, 0.05) is 6.04 Å². The van der Waals surface area contributed by atoms with Gasteiger partial charge in [0.25, 0.3) is 0 Å². The molecule has 1 saturated carbocycles. The lowest BCUT2D eigenvalue weighted by atomic mass is 9.98.